The highest BCUT2D eigenvalue weighted by atomic mass is 19.2. The summed E-state index contributed by atoms with van der Waals surface area (Å²) >= 11 is 0. The van der Waals surface area contributed by atoms with E-state index in [9.17, 15) is 18.0 Å². The van der Waals surface area contributed by atoms with Gasteiger partial charge in [-0.15, -0.1) is 0 Å². The highest BCUT2D eigenvalue weighted by molar-refractivity contribution is 5.75. The zero-order valence-corrected chi connectivity index (χ0v) is 11.5. The highest BCUT2D eigenvalue weighted by Gasteiger charge is 2.20. The maximum absolute atomic E-state index is 13.1. The van der Waals surface area contributed by atoms with Gasteiger partial charge in [-0.1, -0.05) is 0 Å². The van der Waals surface area contributed by atoms with Crippen LogP contribution < -0.4 is 11.1 Å². The molecule has 1 fully saturated rings. The van der Waals surface area contributed by atoms with Crippen molar-refractivity contribution >= 4 is 5.91 Å². The van der Waals surface area contributed by atoms with E-state index in [1.54, 1.807) is 0 Å². The standard InChI is InChI=1S/C14H18F3N3O/c15-11-5-9(6-12(16)14(11)17)7-19-10-1-3-20(4-2-10)8-13(18)21/h5-6,10,19H,1-4,7-8H2,(H2,18,21). The molecule has 4 nitrogen and oxygen atoms in total. The van der Waals surface area contributed by atoms with Crippen LogP contribution in [0.2, 0.25) is 0 Å². The minimum Gasteiger partial charge on any atom is -0.369 e. The van der Waals surface area contributed by atoms with E-state index < -0.39 is 17.5 Å². The monoisotopic (exact) mass is 301 g/mol. The van der Waals surface area contributed by atoms with E-state index in [4.69, 9.17) is 5.73 Å². The molecule has 3 N–H and O–H groups in total. The van der Waals surface area contributed by atoms with Gasteiger partial charge in [0, 0.05) is 25.7 Å². The van der Waals surface area contributed by atoms with Crippen LogP contribution in [0.25, 0.3) is 0 Å². The molecule has 1 aromatic carbocycles. The Bertz CT molecular complexity index is 493. The van der Waals surface area contributed by atoms with Crippen molar-refractivity contribution in [1.82, 2.24) is 10.2 Å². The van der Waals surface area contributed by atoms with Gasteiger partial charge in [-0.2, -0.15) is 0 Å². The average Bonchev–Trinajstić information content (AvgIpc) is 2.43. The lowest BCUT2D eigenvalue weighted by Gasteiger charge is -2.31. The van der Waals surface area contributed by atoms with E-state index in [-0.39, 0.29) is 25.0 Å². The SMILES string of the molecule is NC(=O)CN1CCC(NCc2cc(F)c(F)c(F)c2)CC1. The number of nitrogens with one attached hydrogen (secondary N) is 1. The summed E-state index contributed by atoms with van der Waals surface area (Å²) in [6.07, 6.45) is 1.64. The molecule has 1 aliphatic heterocycles. The third-order valence-corrected chi connectivity index (χ3v) is 3.61. The Labute approximate surface area is 121 Å². The smallest absolute Gasteiger partial charge is 0.231 e. The van der Waals surface area contributed by atoms with Crippen molar-refractivity contribution in [3.05, 3.63) is 35.1 Å². The van der Waals surface area contributed by atoms with Crippen molar-refractivity contribution in [2.24, 2.45) is 5.73 Å². The second-order valence-electron chi connectivity index (χ2n) is 5.27. The lowest BCUT2D eigenvalue weighted by molar-refractivity contribution is -0.119. The van der Waals surface area contributed by atoms with Crippen LogP contribution in [0.1, 0.15) is 18.4 Å². The molecule has 1 heterocycles. The Balaban J connectivity index is 1.81. The predicted molar refractivity (Wildman–Crippen MR) is 71.8 cm³/mol. The first-order valence-electron chi connectivity index (χ1n) is 6.83. The molecule has 0 unspecified atom stereocenters. The maximum atomic E-state index is 13.1. The van der Waals surface area contributed by atoms with Crippen molar-refractivity contribution < 1.29 is 18.0 Å². The van der Waals surface area contributed by atoms with Gasteiger partial charge in [-0.05, 0) is 30.5 Å². The van der Waals surface area contributed by atoms with E-state index in [1.807, 2.05) is 4.90 Å². The topological polar surface area (TPSA) is 58.4 Å². The summed E-state index contributed by atoms with van der Waals surface area (Å²) in [6, 6.07) is 2.19. The molecule has 0 atom stereocenters. The summed E-state index contributed by atoms with van der Waals surface area (Å²) in [5, 5.41) is 3.19. The van der Waals surface area contributed by atoms with Gasteiger partial charge in [-0.25, -0.2) is 13.2 Å². The summed E-state index contributed by atoms with van der Waals surface area (Å²) in [5.41, 5.74) is 5.50. The Hall–Kier alpha value is -1.60. The molecular formula is C14H18F3N3O. The zero-order chi connectivity index (χ0) is 15.4. The molecule has 0 aromatic heterocycles. The van der Waals surface area contributed by atoms with Crippen LogP contribution in [0, 0.1) is 17.5 Å². The van der Waals surface area contributed by atoms with Crippen LogP contribution in [-0.4, -0.2) is 36.5 Å². The summed E-state index contributed by atoms with van der Waals surface area (Å²) in [4.78, 5) is 12.8. The number of hydrogen-bond acceptors (Lipinski definition) is 3. The number of halogens is 3. The van der Waals surface area contributed by atoms with E-state index in [1.165, 1.54) is 0 Å². The Morgan fingerprint density at radius 1 is 1.24 bits per heavy atom. The van der Waals surface area contributed by atoms with Crippen molar-refractivity contribution in [3.63, 3.8) is 0 Å². The van der Waals surface area contributed by atoms with Crippen molar-refractivity contribution in [1.29, 1.82) is 0 Å². The van der Waals surface area contributed by atoms with E-state index in [0.717, 1.165) is 38.1 Å². The zero-order valence-electron chi connectivity index (χ0n) is 11.5. The number of carbonyl (C=O) groups excluding carboxylic acids is 1. The van der Waals surface area contributed by atoms with Crippen LogP contribution in [0.4, 0.5) is 13.2 Å². The minimum absolute atomic E-state index is 0.199. The molecule has 7 heteroatoms. The first-order valence-corrected chi connectivity index (χ1v) is 6.83. The largest absolute Gasteiger partial charge is 0.369 e. The molecule has 21 heavy (non-hydrogen) atoms. The normalized spacial score (nSPS) is 17.1. The number of likely N-dealkylation sites (tertiary alicyclic amines) is 1. The number of carbonyl (C=O) groups is 1. The van der Waals surface area contributed by atoms with Crippen LogP contribution in [-0.2, 0) is 11.3 Å². The third-order valence-electron chi connectivity index (χ3n) is 3.61. The number of amides is 1. The molecule has 1 aliphatic rings. The number of nitrogens with two attached hydrogens (primary N) is 1. The first kappa shape index (κ1) is 15.8. The van der Waals surface area contributed by atoms with Gasteiger partial charge in [0.2, 0.25) is 5.91 Å². The van der Waals surface area contributed by atoms with Crippen LogP contribution >= 0.6 is 0 Å². The van der Waals surface area contributed by atoms with Crippen molar-refractivity contribution in [2.45, 2.75) is 25.4 Å². The molecule has 116 valence electrons. The van der Waals surface area contributed by atoms with E-state index in [0.29, 0.717) is 5.56 Å². The van der Waals surface area contributed by atoms with Gasteiger partial charge < -0.3 is 11.1 Å². The van der Waals surface area contributed by atoms with Crippen molar-refractivity contribution in [3.8, 4) is 0 Å². The van der Waals surface area contributed by atoms with E-state index >= 15 is 0 Å². The Kier molecular flexibility index (Phi) is 5.19. The summed E-state index contributed by atoms with van der Waals surface area (Å²) in [5.74, 6) is -4.15. The molecule has 2 rings (SSSR count). The molecule has 1 amide bonds. The highest BCUT2D eigenvalue weighted by Crippen LogP contribution is 2.15. The van der Waals surface area contributed by atoms with Crippen LogP contribution in [0.5, 0.6) is 0 Å². The molecule has 0 bridgehead atoms. The summed E-state index contributed by atoms with van der Waals surface area (Å²) < 4.78 is 39.0. The molecule has 0 aliphatic carbocycles. The lowest BCUT2D eigenvalue weighted by atomic mass is 10.0. The summed E-state index contributed by atoms with van der Waals surface area (Å²) in [7, 11) is 0. The lowest BCUT2D eigenvalue weighted by Crippen LogP contribution is -2.45. The molecule has 0 spiro atoms. The molecule has 0 radical (unpaired) electrons. The predicted octanol–water partition coefficient (Wildman–Crippen LogP) is 1.14. The second-order valence-corrected chi connectivity index (χ2v) is 5.27. The fourth-order valence-electron chi connectivity index (χ4n) is 2.49. The molecule has 1 saturated heterocycles. The number of benzene rings is 1. The summed E-state index contributed by atoms with van der Waals surface area (Å²) in [6.45, 7) is 2.01. The number of primary amides is 1. The third kappa shape index (κ3) is 4.44. The van der Waals surface area contributed by atoms with Gasteiger partial charge in [0.05, 0.1) is 6.54 Å². The van der Waals surface area contributed by atoms with E-state index in [2.05, 4.69) is 5.32 Å². The Morgan fingerprint density at radius 2 is 1.81 bits per heavy atom. The number of rotatable bonds is 5. The molecular weight excluding hydrogens is 283 g/mol. The second kappa shape index (κ2) is 6.91. The fraction of sp³-hybridized carbons (Fsp3) is 0.500. The minimum atomic E-state index is -1.45. The van der Waals surface area contributed by atoms with Gasteiger partial charge in [0.15, 0.2) is 17.5 Å². The first-order chi connectivity index (χ1) is 9.95. The van der Waals surface area contributed by atoms with Crippen LogP contribution in [0.3, 0.4) is 0 Å². The van der Waals surface area contributed by atoms with Crippen LogP contribution in [0.15, 0.2) is 12.1 Å². The number of nitrogens with zero attached hydrogens (tertiary/aromatic N) is 1. The number of hydrogen-bond donors (Lipinski definition) is 2. The molecule has 1 aromatic rings. The van der Waals surface area contributed by atoms with Gasteiger partial charge in [0.25, 0.3) is 0 Å². The average molecular weight is 301 g/mol. The van der Waals surface area contributed by atoms with Gasteiger partial charge in [-0.3, -0.25) is 9.69 Å². The maximum Gasteiger partial charge on any atom is 0.231 e. The number of piperidine rings is 1. The van der Waals surface area contributed by atoms with Gasteiger partial charge in [0.1, 0.15) is 0 Å². The Morgan fingerprint density at radius 3 is 2.33 bits per heavy atom. The molecule has 0 saturated carbocycles. The quantitative estimate of drug-likeness (QED) is 0.802. The van der Waals surface area contributed by atoms with Gasteiger partial charge >= 0.3 is 0 Å². The van der Waals surface area contributed by atoms with Crippen molar-refractivity contribution in [2.75, 3.05) is 19.6 Å². The fourth-order valence-corrected chi connectivity index (χ4v) is 2.49.